The largest absolute Gasteiger partial charge is 0.489 e. The molecule has 1 N–H and O–H groups in total. The van der Waals surface area contributed by atoms with Gasteiger partial charge < -0.3 is 9.72 Å². The smallest absolute Gasteiger partial charge is 0.128 e. The van der Waals surface area contributed by atoms with Crippen molar-refractivity contribution in [3.8, 4) is 17.0 Å². The molecule has 65 valence electrons. The molecule has 0 aliphatic carbocycles. The summed E-state index contributed by atoms with van der Waals surface area (Å²) in [4.78, 5) is 7.02. The Labute approximate surface area is 76.4 Å². The van der Waals surface area contributed by atoms with Gasteiger partial charge in [0, 0.05) is 11.8 Å². The fraction of sp³-hybridized carbons (Fsp3) is 0. The molecule has 1 aromatic heterocycles. The summed E-state index contributed by atoms with van der Waals surface area (Å²) in [6.07, 6.45) is 3.45. The van der Waals surface area contributed by atoms with Crippen molar-refractivity contribution in [1.29, 1.82) is 0 Å². The van der Waals surface area contributed by atoms with E-state index in [1.54, 1.807) is 6.33 Å². The van der Waals surface area contributed by atoms with E-state index in [0.29, 0.717) is 0 Å². The lowest BCUT2D eigenvalue weighted by molar-refractivity contribution is 0.474. The first-order valence-electron chi connectivity index (χ1n) is 3.92. The third kappa shape index (κ3) is 1.40. The van der Waals surface area contributed by atoms with Gasteiger partial charge in [-0.3, -0.25) is 0 Å². The Morgan fingerprint density at radius 3 is 2.85 bits per heavy atom. The predicted octanol–water partition coefficient (Wildman–Crippen LogP) is 2.25. The molecule has 3 nitrogen and oxygen atoms in total. The molecule has 1 aromatic carbocycles. The molecule has 0 bridgehead atoms. The SMILES string of the molecule is [CH2]Oc1ccccc1-c1c[nH]cn1. The molecule has 0 amide bonds. The molecule has 0 unspecified atom stereocenters. The number of rotatable bonds is 2. The maximum absolute atomic E-state index is 4.97. The highest BCUT2D eigenvalue weighted by Crippen LogP contribution is 2.27. The zero-order valence-corrected chi connectivity index (χ0v) is 7.03. The Hall–Kier alpha value is -1.77. The molecule has 2 aromatic rings. The summed E-state index contributed by atoms with van der Waals surface area (Å²) in [6, 6.07) is 7.64. The Morgan fingerprint density at radius 2 is 2.15 bits per heavy atom. The summed E-state index contributed by atoms with van der Waals surface area (Å²) < 4.78 is 4.97. The van der Waals surface area contributed by atoms with Crippen molar-refractivity contribution >= 4 is 0 Å². The highest BCUT2D eigenvalue weighted by molar-refractivity contribution is 5.66. The first-order valence-corrected chi connectivity index (χ1v) is 3.92. The van der Waals surface area contributed by atoms with Crippen LogP contribution >= 0.6 is 0 Å². The van der Waals surface area contributed by atoms with Gasteiger partial charge in [-0.2, -0.15) is 0 Å². The molecule has 0 saturated carbocycles. The topological polar surface area (TPSA) is 37.9 Å². The van der Waals surface area contributed by atoms with Gasteiger partial charge in [-0.05, 0) is 12.1 Å². The first kappa shape index (κ1) is 7.86. The minimum Gasteiger partial charge on any atom is -0.489 e. The van der Waals surface area contributed by atoms with E-state index in [2.05, 4.69) is 17.1 Å². The molecule has 3 heteroatoms. The van der Waals surface area contributed by atoms with E-state index in [1.165, 1.54) is 0 Å². The zero-order chi connectivity index (χ0) is 9.10. The van der Waals surface area contributed by atoms with Gasteiger partial charge in [0.2, 0.25) is 0 Å². The molecule has 13 heavy (non-hydrogen) atoms. The second-order valence-corrected chi connectivity index (χ2v) is 2.59. The number of imidazole rings is 1. The number of aromatic amines is 1. The molecular weight excluding hydrogens is 164 g/mol. The average Bonchev–Trinajstić information content (AvgIpc) is 2.70. The first-order chi connectivity index (χ1) is 6.42. The third-order valence-corrected chi connectivity index (χ3v) is 1.82. The van der Waals surface area contributed by atoms with E-state index in [-0.39, 0.29) is 0 Å². The number of ether oxygens (including phenoxy) is 1. The Balaban J connectivity index is 2.51. The van der Waals surface area contributed by atoms with Crippen molar-refractivity contribution in [2.75, 3.05) is 0 Å². The second kappa shape index (κ2) is 3.31. The summed E-state index contributed by atoms with van der Waals surface area (Å²) >= 11 is 0. The van der Waals surface area contributed by atoms with Gasteiger partial charge in [-0.15, -0.1) is 0 Å². The van der Waals surface area contributed by atoms with Crippen LogP contribution in [0.15, 0.2) is 36.8 Å². The highest BCUT2D eigenvalue weighted by Gasteiger charge is 2.04. The van der Waals surface area contributed by atoms with Crippen molar-refractivity contribution in [1.82, 2.24) is 9.97 Å². The van der Waals surface area contributed by atoms with Crippen LogP contribution in [0.2, 0.25) is 0 Å². The van der Waals surface area contributed by atoms with Crippen LogP contribution in [-0.2, 0) is 0 Å². The molecule has 0 spiro atoms. The number of hydrogen-bond donors (Lipinski definition) is 1. The van der Waals surface area contributed by atoms with E-state index in [4.69, 9.17) is 4.74 Å². The van der Waals surface area contributed by atoms with Gasteiger partial charge in [0.25, 0.3) is 0 Å². The van der Waals surface area contributed by atoms with Crippen LogP contribution in [0.3, 0.4) is 0 Å². The fourth-order valence-electron chi connectivity index (χ4n) is 1.21. The van der Waals surface area contributed by atoms with E-state index in [0.717, 1.165) is 17.0 Å². The molecule has 1 radical (unpaired) electrons. The normalized spacial score (nSPS) is 9.92. The average molecular weight is 173 g/mol. The van der Waals surface area contributed by atoms with E-state index in [1.807, 2.05) is 30.5 Å². The summed E-state index contributed by atoms with van der Waals surface area (Å²) in [5.41, 5.74) is 1.80. The maximum atomic E-state index is 4.97. The molecule has 0 fully saturated rings. The molecule has 0 aliphatic rings. The Kier molecular flexibility index (Phi) is 2.00. The fourth-order valence-corrected chi connectivity index (χ4v) is 1.21. The number of hydrogen-bond acceptors (Lipinski definition) is 2. The van der Waals surface area contributed by atoms with Gasteiger partial charge in [-0.1, -0.05) is 12.1 Å². The van der Waals surface area contributed by atoms with Crippen LogP contribution in [0, 0.1) is 7.11 Å². The number of H-pyrrole nitrogens is 1. The van der Waals surface area contributed by atoms with Gasteiger partial charge in [0.1, 0.15) is 12.9 Å². The monoisotopic (exact) mass is 173 g/mol. The van der Waals surface area contributed by atoms with Crippen LogP contribution in [0.5, 0.6) is 5.75 Å². The number of aromatic nitrogens is 2. The van der Waals surface area contributed by atoms with Crippen LogP contribution in [0.1, 0.15) is 0 Å². The number of nitrogens with zero attached hydrogens (tertiary/aromatic N) is 1. The van der Waals surface area contributed by atoms with E-state index in [9.17, 15) is 0 Å². The van der Waals surface area contributed by atoms with E-state index < -0.39 is 0 Å². The van der Waals surface area contributed by atoms with Crippen LogP contribution in [0.25, 0.3) is 11.3 Å². The zero-order valence-electron chi connectivity index (χ0n) is 7.03. The lowest BCUT2D eigenvalue weighted by Crippen LogP contribution is -1.84. The van der Waals surface area contributed by atoms with Gasteiger partial charge in [0.05, 0.1) is 12.0 Å². The standard InChI is InChI=1S/C10H9N2O/c1-13-10-5-3-2-4-8(10)9-6-11-7-12-9/h2-7H,1H2,(H,11,12). The number of para-hydroxylation sites is 1. The van der Waals surface area contributed by atoms with Crippen molar-refractivity contribution < 1.29 is 4.74 Å². The quantitative estimate of drug-likeness (QED) is 0.756. The minimum absolute atomic E-state index is 0.731. The summed E-state index contributed by atoms with van der Waals surface area (Å²) in [5.74, 6) is 0.731. The molecular formula is C10H9N2O. The second-order valence-electron chi connectivity index (χ2n) is 2.59. The lowest BCUT2D eigenvalue weighted by Gasteiger charge is -2.03. The lowest BCUT2D eigenvalue weighted by atomic mass is 10.1. The molecule has 2 rings (SSSR count). The third-order valence-electron chi connectivity index (χ3n) is 1.82. The van der Waals surface area contributed by atoms with Crippen molar-refractivity contribution in [2.24, 2.45) is 0 Å². The van der Waals surface area contributed by atoms with Gasteiger partial charge in [-0.25, -0.2) is 4.98 Å². The maximum Gasteiger partial charge on any atom is 0.128 e. The number of nitrogens with one attached hydrogen (secondary N) is 1. The molecule has 0 saturated heterocycles. The predicted molar refractivity (Wildman–Crippen MR) is 50.0 cm³/mol. The van der Waals surface area contributed by atoms with Gasteiger partial charge >= 0.3 is 0 Å². The van der Waals surface area contributed by atoms with Crippen LogP contribution in [0.4, 0.5) is 0 Å². The molecule has 1 heterocycles. The summed E-state index contributed by atoms with van der Waals surface area (Å²) in [7, 11) is 3.39. The van der Waals surface area contributed by atoms with Crippen molar-refractivity contribution in [2.45, 2.75) is 0 Å². The molecule has 0 aliphatic heterocycles. The Morgan fingerprint density at radius 1 is 1.31 bits per heavy atom. The van der Waals surface area contributed by atoms with Crippen molar-refractivity contribution in [3.63, 3.8) is 0 Å². The minimum atomic E-state index is 0.731. The highest BCUT2D eigenvalue weighted by atomic mass is 16.5. The van der Waals surface area contributed by atoms with Crippen LogP contribution < -0.4 is 4.74 Å². The summed E-state index contributed by atoms with van der Waals surface area (Å²) in [6.45, 7) is 0. The van der Waals surface area contributed by atoms with Gasteiger partial charge in [0.15, 0.2) is 0 Å². The van der Waals surface area contributed by atoms with E-state index >= 15 is 0 Å². The Bertz CT molecular complexity index is 382. The van der Waals surface area contributed by atoms with Crippen LogP contribution in [-0.4, -0.2) is 9.97 Å². The summed E-state index contributed by atoms with van der Waals surface area (Å²) in [5, 5.41) is 0. The number of benzene rings is 1. The van der Waals surface area contributed by atoms with Crippen molar-refractivity contribution in [3.05, 3.63) is 43.9 Å². The molecule has 0 atom stereocenters.